The molecule has 7 heteroatoms. The van der Waals surface area contributed by atoms with E-state index >= 15 is 0 Å². The van der Waals surface area contributed by atoms with Gasteiger partial charge in [0.25, 0.3) is 0 Å². The molecule has 0 bridgehead atoms. The minimum atomic E-state index is -0.0796. The van der Waals surface area contributed by atoms with E-state index in [-0.39, 0.29) is 5.54 Å². The molecule has 24 heavy (non-hydrogen) atoms. The van der Waals surface area contributed by atoms with Crippen LogP contribution in [0.3, 0.4) is 0 Å². The van der Waals surface area contributed by atoms with E-state index in [1.165, 1.54) is 0 Å². The van der Waals surface area contributed by atoms with E-state index in [0.29, 0.717) is 10.7 Å². The first-order valence-corrected chi connectivity index (χ1v) is 8.41. The number of nitrogens with two attached hydrogens (primary N) is 1. The largest absolute Gasteiger partial charge is 0.355 e. The number of benzene rings is 1. The molecule has 6 nitrogen and oxygen atoms in total. The van der Waals surface area contributed by atoms with Gasteiger partial charge in [-0.3, -0.25) is 5.10 Å². The van der Waals surface area contributed by atoms with E-state index in [9.17, 15) is 0 Å². The van der Waals surface area contributed by atoms with Crippen LogP contribution in [-0.4, -0.2) is 38.8 Å². The summed E-state index contributed by atoms with van der Waals surface area (Å²) in [5.74, 6) is 0.865. The first-order valence-electron chi connectivity index (χ1n) is 8.03. The fourth-order valence-electron chi connectivity index (χ4n) is 3.00. The normalized spacial score (nSPS) is 17.4. The standard InChI is InChI=1S/C17H19ClN6/c1-17(19)6-8-24(9-7-17)13-10-20-15-14(22-23-16(15)21-13)11-2-4-12(18)5-3-11/h2-5,10H,6-9,19H2,1H3,(H,21,22,23). The molecule has 2 aromatic heterocycles. The number of piperidine rings is 1. The third-order valence-electron chi connectivity index (χ3n) is 4.61. The lowest BCUT2D eigenvalue weighted by molar-refractivity contribution is 0.363. The summed E-state index contributed by atoms with van der Waals surface area (Å²) in [6, 6.07) is 7.55. The van der Waals surface area contributed by atoms with Crippen molar-refractivity contribution in [2.75, 3.05) is 18.0 Å². The summed E-state index contributed by atoms with van der Waals surface area (Å²) in [5, 5.41) is 8.06. The SMILES string of the molecule is CC1(N)CCN(c2cnc3c(-c4ccc(Cl)cc4)n[nH]c3n2)CC1. The summed E-state index contributed by atoms with van der Waals surface area (Å²) in [4.78, 5) is 11.5. The Morgan fingerprint density at radius 2 is 1.92 bits per heavy atom. The highest BCUT2D eigenvalue weighted by Gasteiger charge is 2.27. The van der Waals surface area contributed by atoms with Gasteiger partial charge in [0.05, 0.1) is 6.20 Å². The van der Waals surface area contributed by atoms with E-state index in [4.69, 9.17) is 17.3 Å². The van der Waals surface area contributed by atoms with Crippen LogP contribution in [0.2, 0.25) is 5.02 Å². The zero-order valence-electron chi connectivity index (χ0n) is 13.5. The molecule has 0 spiro atoms. The lowest BCUT2D eigenvalue weighted by atomic mass is 9.91. The summed E-state index contributed by atoms with van der Waals surface area (Å²) in [7, 11) is 0. The van der Waals surface area contributed by atoms with Crippen molar-refractivity contribution in [1.29, 1.82) is 0 Å². The fraction of sp³-hybridized carbons (Fsp3) is 0.353. The van der Waals surface area contributed by atoms with Crippen molar-refractivity contribution in [2.45, 2.75) is 25.3 Å². The Morgan fingerprint density at radius 1 is 1.21 bits per heavy atom. The smallest absolute Gasteiger partial charge is 0.177 e. The Morgan fingerprint density at radius 3 is 2.62 bits per heavy atom. The fourth-order valence-corrected chi connectivity index (χ4v) is 3.13. The van der Waals surface area contributed by atoms with Crippen molar-refractivity contribution in [2.24, 2.45) is 5.73 Å². The lowest BCUT2D eigenvalue weighted by Gasteiger charge is -2.37. The van der Waals surface area contributed by atoms with Crippen LogP contribution in [0.1, 0.15) is 19.8 Å². The Kier molecular flexibility index (Phi) is 3.66. The van der Waals surface area contributed by atoms with Crippen LogP contribution >= 0.6 is 11.6 Å². The van der Waals surface area contributed by atoms with Gasteiger partial charge in [0.1, 0.15) is 17.0 Å². The molecule has 0 amide bonds. The van der Waals surface area contributed by atoms with Crippen molar-refractivity contribution >= 4 is 28.6 Å². The van der Waals surface area contributed by atoms with Gasteiger partial charge in [0.2, 0.25) is 0 Å². The van der Waals surface area contributed by atoms with Crippen molar-refractivity contribution in [1.82, 2.24) is 20.2 Å². The van der Waals surface area contributed by atoms with Crippen LogP contribution in [0.15, 0.2) is 30.5 Å². The molecule has 124 valence electrons. The van der Waals surface area contributed by atoms with Crippen molar-refractivity contribution < 1.29 is 0 Å². The molecule has 0 unspecified atom stereocenters. The van der Waals surface area contributed by atoms with Crippen molar-refractivity contribution in [3.63, 3.8) is 0 Å². The highest BCUT2D eigenvalue weighted by atomic mass is 35.5. The molecule has 0 saturated carbocycles. The lowest BCUT2D eigenvalue weighted by Crippen LogP contribution is -2.48. The topological polar surface area (TPSA) is 83.7 Å². The number of nitrogens with one attached hydrogen (secondary N) is 1. The summed E-state index contributed by atoms with van der Waals surface area (Å²) in [6.45, 7) is 3.89. The molecule has 1 aliphatic heterocycles. The molecule has 1 fully saturated rings. The van der Waals surface area contributed by atoms with Crippen molar-refractivity contribution in [3.05, 3.63) is 35.5 Å². The molecule has 1 saturated heterocycles. The van der Waals surface area contributed by atoms with Gasteiger partial charge in [0, 0.05) is 29.2 Å². The average molecular weight is 343 g/mol. The maximum atomic E-state index is 6.20. The predicted octanol–water partition coefficient (Wildman–Crippen LogP) is 2.99. The van der Waals surface area contributed by atoms with Gasteiger partial charge in [-0.25, -0.2) is 9.97 Å². The number of fused-ring (bicyclic) bond motifs is 1. The van der Waals surface area contributed by atoms with Gasteiger partial charge in [-0.2, -0.15) is 5.10 Å². The second-order valence-electron chi connectivity index (χ2n) is 6.65. The summed E-state index contributed by atoms with van der Waals surface area (Å²) in [5.41, 5.74) is 9.33. The number of rotatable bonds is 2. The molecule has 1 aromatic carbocycles. The Bertz CT molecular complexity index is 860. The molecule has 4 rings (SSSR count). The van der Waals surface area contributed by atoms with Gasteiger partial charge < -0.3 is 10.6 Å². The number of aromatic nitrogens is 4. The first-order chi connectivity index (χ1) is 11.5. The number of nitrogens with zero attached hydrogens (tertiary/aromatic N) is 4. The molecule has 3 aromatic rings. The van der Waals surface area contributed by atoms with E-state index in [0.717, 1.165) is 48.5 Å². The molecule has 1 aliphatic rings. The summed E-state index contributed by atoms with van der Waals surface area (Å²) >= 11 is 5.95. The maximum Gasteiger partial charge on any atom is 0.177 e. The second kappa shape index (κ2) is 5.72. The predicted molar refractivity (Wildman–Crippen MR) is 96.2 cm³/mol. The zero-order valence-corrected chi connectivity index (χ0v) is 14.2. The number of anilines is 1. The molecule has 3 heterocycles. The number of aromatic amines is 1. The number of hydrogen-bond acceptors (Lipinski definition) is 5. The molecule has 3 N–H and O–H groups in total. The zero-order chi connectivity index (χ0) is 16.7. The van der Waals surface area contributed by atoms with Crippen LogP contribution in [0, 0.1) is 0 Å². The third kappa shape index (κ3) is 2.83. The molecular formula is C17H19ClN6. The van der Waals surface area contributed by atoms with Gasteiger partial charge in [-0.1, -0.05) is 23.7 Å². The average Bonchev–Trinajstić information content (AvgIpc) is 2.99. The number of hydrogen-bond donors (Lipinski definition) is 2. The monoisotopic (exact) mass is 342 g/mol. The van der Waals surface area contributed by atoms with E-state index < -0.39 is 0 Å². The molecular weight excluding hydrogens is 324 g/mol. The van der Waals surface area contributed by atoms with Crippen molar-refractivity contribution in [3.8, 4) is 11.3 Å². The summed E-state index contributed by atoms with van der Waals surface area (Å²) in [6.07, 6.45) is 3.72. The van der Waals surface area contributed by atoms with Gasteiger partial charge >= 0.3 is 0 Å². The Balaban J connectivity index is 1.65. The van der Waals surface area contributed by atoms with Gasteiger partial charge in [-0.05, 0) is 31.9 Å². The van der Waals surface area contributed by atoms with Gasteiger partial charge in [0.15, 0.2) is 5.65 Å². The Hall–Kier alpha value is -2.18. The number of halogens is 1. The Labute approximate surface area is 145 Å². The van der Waals surface area contributed by atoms with Crippen LogP contribution in [-0.2, 0) is 0 Å². The van der Waals surface area contributed by atoms with Crippen LogP contribution in [0.25, 0.3) is 22.4 Å². The van der Waals surface area contributed by atoms with E-state index in [2.05, 4.69) is 32.0 Å². The highest BCUT2D eigenvalue weighted by molar-refractivity contribution is 6.30. The minimum Gasteiger partial charge on any atom is -0.355 e. The van der Waals surface area contributed by atoms with Crippen LogP contribution in [0.5, 0.6) is 0 Å². The van der Waals surface area contributed by atoms with Crippen LogP contribution in [0.4, 0.5) is 5.82 Å². The second-order valence-corrected chi connectivity index (χ2v) is 7.08. The summed E-state index contributed by atoms with van der Waals surface area (Å²) < 4.78 is 0. The highest BCUT2D eigenvalue weighted by Crippen LogP contribution is 2.28. The maximum absolute atomic E-state index is 6.20. The van der Waals surface area contributed by atoms with E-state index in [1.54, 1.807) is 0 Å². The number of H-pyrrole nitrogens is 1. The van der Waals surface area contributed by atoms with Crippen LogP contribution < -0.4 is 10.6 Å². The molecule has 0 aliphatic carbocycles. The van der Waals surface area contributed by atoms with Gasteiger partial charge in [-0.15, -0.1) is 0 Å². The van der Waals surface area contributed by atoms with E-state index in [1.807, 2.05) is 30.5 Å². The molecule has 0 atom stereocenters. The molecule has 0 radical (unpaired) electrons. The quantitative estimate of drug-likeness (QED) is 0.748. The minimum absolute atomic E-state index is 0.0796. The first kappa shape index (κ1) is 15.4. The third-order valence-corrected chi connectivity index (χ3v) is 4.86.